The average Bonchev–Trinajstić information content (AvgIpc) is 3.01. The molecule has 0 aliphatic heterocycles. The molecule has 0 saturated carbocycles. The van der Waals surface area contributed by atoms with E-state index in [1.54, 1.807) is 13.1 Å². The number of amides is 1. The zero-order chi connectivity index (χ0) is 16.1. The summed E-state index contributed by atoms with van der Waals surface area (Å²) >= 11 is 1.37. The Balaban J connectivity index is 1.55. The van der Waals surface area contributed by atoms with Crippen molar-refractivity contribution in [3.05, 3.63) is 54.5 Å². The Labute approximate surface area is 137 Å². The van der Waals surface area contributed by atoms with Gasteiger partial charge in [0.05, 0.1) is 16.3 Å². The molecule has 0 aliphatic rings. The summed E-state index contributed by atoms with van der Waals surface area (Å²) in [5.74, 6) is 1.24. The molecule has 2 heterocycles. The lowest BCUT2D eigenvalue weighted by Crippen LogP contribution is -2.13. The summed E-state index contributed by atoms with van der Waals surface area (Å²) < 4.78 is 5.08. The molecule has 3 rings (SSSR count). The van der Waals surface area contributed by atoms with Gasteiger partial charge in [-0.3, -0.25) is 4.79 Å². The van der Waals surface area contributed by atoms with Crippen molar-refractivity contribution < 1.29 is 9.32 Å². The van der Waals surface area contributed by atoms with Crippen molar-refractivity contribution in [3.8, 4) is 11.5 Å². The monoisotopic (exact) mass is 326 g/mol. The van der Waals surface area contributed by atoms with Gasteiger partial charge in [0.2, 0.25) is 5.91 Å². The van der Waals surface area contributed by atoms with Gasteiger partial charge in [-0.2, -0.15) is 4.98 Å². The zero-order valence-corrected chi connectivity index (χ0v) is 13.2. The number of benzene rings is 1. The lowest BCUT2D eigenvalue weighted by molar-refractivity contribution is -0.113. The van der Waals surface area contributed by atoms with Crippen LogP contribution in [-0.2, 0) is 4.79 Å². The molecule has 0 aliphatic carbocycles. The quantitative estimate of drug-likeness (QED) is 0.725. The summed E-state index contributed by atoms with van der Waals surface area (Å²) in [6.45, 7) is 1.76. The van der Waals surface area contributed by atoms with E-state index < -0.39 is 0 Å². The summed E-state index contributed by atoms with van der Waals surface area (Å²) in [7, 11) is 0. The van der Waals surface area contributed by atoms with Gasteiger partial charge in [0, 0.05) is 11.9 Å². The predicted octanol–water partition coefficient (Wildman–Crippen LogP) is 3.17. The highest BCUT2D eigenvalue weighted by Gasteiger charge is 2.08. The van der Waals surface area contributed by atoms with Crippen molar-refractivity contribution in [2.45, 2.75) is 11.9 Å². The van der Waals surface area contributed by atoms with E-state index in [2.05, 4.69) is 20.4 Å². The Bertz CT molecular complexity index is 787. The smallest absolute Gasteiger partial charge is 0.259 e. The molecule has 1 N–H and O–H groups in total. The summed E-state index contributed by atoms with van der Waals surface area (Å²) in [6, 6.07) is 13.0. The first kappa shape index (κ1) is 15.2. The van der Waals surface area contributed by atoms with Crippen molar-refractivity contribution >= 4 is 23.4 Å². The van der Waals surface area contributed by atoms with Gasteiger partial charge in [-0.05, 0) is 31.2 Å². The zero-order valence-electron chi connectivity index (χ0n) is 12.4. The molecule has 6 nitrogen and oxygen atoms in total. The van der Waals surface area contributed by atoms with E-state index in [9.17, 15) is 4.79 Å². The molecule has 0 fully saturated rings. The third-order valence-corrected chi connectivity index (χ3v) is 3.86. The van der Waals surface area contributed by atoms with Gasteiger partial charge in [0.25, 0.3) is 5.89 Å². The molecule has 3 aromatic rings. The second kappa shape index (κ2) is 7.06. The fraction of sp³-hybridized carbons (Fsp3) is 0.125. The van der Waals surface area contributed by atoms with E-state index in [1.165, 1.54) is 11.8 Å². The minimum absolute atomic E-state index is 0.0698. The van der Waals surface area contributed by atoms with Crippen LogP contribution in [-0.4, -0.2) is 26.8 Å². The van der Waals surface area contributed by atoms with Crippen molar-refractivity contribution in [1.82, 2.24) is 15.1 Å². The number of hydrogen-bond acceptors (Lipinski definition) is 6. The van der Waals surface area contributed by atoms with E-state index >= 15 is 0 Å². The maximum absolute atomic E-state index is 11.9. The molecule has 7 heteroatoms. The number of para-hydroxylation sites is 1. The summed E-state index contributed by atoms with van der Waals surface area (Å²) in [5.41, 5.74) is 1.54. The standard InChI is InChI=1S/C16H14N4O2S/c1-11-18-16(22-20-11)12-7-8-15(17-9-12)23-10-14(21)19-13-5-3-2-4-6-13/h2-9H,10H2,1H3,(H,19,21). The van der Waals surface area contributed by atoms with Crippen molar-refractivity contribution in [2.75, 3.05) is 11.1 Å². The molecule has 0 saturated heterocycles. The van der Waals surface area contributed by atoms with Gasteiger partial charge in [-0.1, -0.05) is 35.1 Å². The van der Waals surface area contributed by atoms with Gasteiger partial charge < -0.3 is 9.84 Å². The van der Waals surface area contributed by atoms with Gasteiger partial charge in [-0.25, -0.2) is 4.98 Å². The average molecular weight is 326 g/mol. The largest absolute Gasteiger partial charge is 0.334 e. The molecule has 2 aromatic heterocycles. The molecule has 0 spiro atoms. The number of aromatic nitrogens is 3. The van der Waals surface area contributed by atoms with Crippen molar-refractivity contribution in [2.24, 2.45) is 0 Å². The minimum Gasteiger partial charge on any atom is -0.334 e. The number of rotatable bonds is 5. The fourth-order valence-electron chi connectivity index (χ4n) is 1.86. The molecule has 0 unspecified atom stereocenters. The Morgan fingerprint density at radius 2 is 2.04 bits per heavy atom. The lowest BCUT2D eigenvalue weighted by Gasteiger charge is -2.04. The van der Waals surface area contributed by atoms with Crippen LogP contribution in [0.2, 0.25) is 0 Å². The molecule has 1 amide bonds. The third-order valence-electron chi connectivity index (χ3n) is 2.92. The maximum Gasteiger partial charge on any atom is 0.259 e. The van der Waals surface area contributed by atoms with Gasteiger partial charge >= 0.3 is 0 Å². The summed E-state index contributed by atoms with van der Waals surface area (Å²) in [4.78, 5) is 20.3. The van der Waals surface area contributed by atoms with Gasteiger partial charge in [-0.15, -0.1) is 0 Å². The van der Waals surface area contributed by atoms with Gasteiger partial charge in [0.1, 0.15) is 0 Å². The second-order valence-electron chi connectivity index (χ2n) is 4.73. The van der Waals surface area contributed by atoms with Crippen LogP contribution in [0.4, 0.5) is 5.69 Å². The summed E-state index contributed by atoms with van der Waals surface area (Å²) in [5, 5.41) is 7.33. The number of pyridine rings is 1. The van der Waals surface area contributed by atoms with E-state index in [-0.39, 0.29) is 5.91 Å². The van der Waals surface area contributed by atoms with Crippen LogP contribution >= 0.6 is 11.8 Å². The minimum atomic E-state index is -0.0698. The fourth-order valence-corrected chi connectivity index (χ4v) is 2.51. The first-order valence-electron chi connectivity index (χ1n) is 6.95. The molecule has 116 valence electrons. The highest BCUT2D eigenvalue weighted by Crippen LogP contribution is 2.20. The number of aryl methyl sites for hydroxylation is 1. The Morgan fingerprint density at radius 1 is 1.22 bits per heavy atom. The van der Waals surface area contributed by atoms with Crippen LogP contribution in [0, 0.1) is 6.92 Å². The van der Waals surface area contributed by atoms with Crippen LogP contribution in [0.1, 0.15) is 5.82 Å². The first-order valence-corrected chi connectivity index (χ1v) is 7.94. The van der Waals surface area contributed by atoms with Crippen molar-refractivity contribution in [3.63, 3.8) is 0 Å². The number of nitrogens with one attached hydrogen (secondary N) is 1. The van der Waals surface area contributed by atoms with E-state index in [4.69, 9.17) is 4.52 Å². The van der Waals surface area contributed by atoms with Crippen LogP contribution < -0.4 is 5.32 Å². The van der Waals surface area contributed by atoms with Crippen LogP contribution in [0.5, 0.6) is 0 Å². The summed E-state index contributed by atoms with van der Waals surface area (Å²) in [6.07, 6.45) is 1.66. The van der Waals surface area contributed by atoms with Crippen LogP contribution in [0.15, 0.2) is 58.2 Å². The maximum atomic E-state index is 11.9. The Kier molecular flexibility index (Phi) is 4.68. The molecule has 1 aromatic carbocycles. The predicted molar refractivity (Wildman–Crippen MR) is 88.1 cm³/mol. The van der Waals surface area contributed by atoms with Crippen molar-refractivity contribution in [1.29, 1.82) is 0 Å². The first-order chi connectivity index (χ1) is 11.2. The number of anilines is 1. The Hall–Kier alpha value is -2.67. The molecule has 0 radical (unpaired) electrons. The van der Waals surface area contributed by atoms with E-state index in [0.29, 0.717) is 17.5 Å². The number of carbonyl (C=O) groups excluding carboxylic acids is 1. The molecular weight excluding hydrogens is 312 g/mol. The molecule has 0 atom stereocenters. The highest BCUT2D eigenvalue weighted by molar-refractivity contribution is 7.99. The number of thioether (sulfide) groups is 1. The number of carbonyl (C=O) groups is 1. The SMILES string of the molecule is Cc1noc(-c2ccc(SCC(=O)Nc3ccccc3)nc2)n1. The highest BCUT2D eigenvalue weighted by atomic mass is 32.2. The normalized spacial score (nSPS) is 10.5. The number of nitrogens with zero attached hydrogens (tertiary/aromatic N) is 3. The van der Waals surface area contributed by atoms with Gasteiger partial charge in [0.15, 0.2) is 5.82 Å². The van der Waals surface area contributed by atoms with E-state index in [1.807, 2.05) is 42.5 Å². The molecular formula is C16H14N4O2S. The molecule has 0 bridgehead atoms. The second-order valence-corrected chi connectivity index (χ2v) is 5.73. The molecule has 23 heavy (non-hydrogen) atoms. The lowest BCUT2D eigenvalue weighted by atomic mass is 10.3. The van der Waals surface area contributed by atoms with Crippen LogP contribution in [0.25, 0.3) is 11.5 Å². The topological polar surface area (TPSA) is 80.9 Å². The third kappa shape index (κ3) is 4.17. The van der Waals surface area contributed by atoms with Crippen LogP contribution in [0.3, 0.4) is 0 Å². The number of hydrogen-bond donors (Lipinski definition) is 1. The van der Waals surface area contributed by atoms with E-state index in [0.717, 1.165) is 16.3 Å². The Morgan fingerprint density at radius 3 is 2.70 bits per heavy atom.